The highest BCUT2D eigenvalue weighted by Gasteiger charge is 2.19. The van der Waals surface area contributed by atoms with Gasteiger partial charge in [0.1, 0.15) is 23.2 Å². The van der Waals surface area contributed by atoms with Crippen LogP contribution in [0, 0.1) is 11.2 Å². The standard InChI is InChI=1S/C20H15BrFN5O3/c21-10-1-6-17(25-9-10)27-20(30)15-7-11(22)2-5-16(15)26-19(29)13-4-3-12(28)8-14(13)18(23)24/h1-9,28H,(H3,23,24)(H,26,29)(H,25,27,30). The number of hydrogen-bond acceptors (Lipinski definition) is 5. The summed E-state index contributed by atoms with van der Waals surface area (Å²) in [6, 6.07) is 10.3. The molecular formula is C20H15BrFN5O3. The number of nitrogen functional groups attached to an aromatic ring is 1. The minimum Gasteiger partial charge on any atom is -0.508 e. The van der Waals surface area contributed by atoms with E-state index in [9.17, 15) is 19.1 Å². The van der Waals surface area contributed by atoms with Crippen LogP contribution < -0.4 is 16.4 Å². The third-order valence-electron chi connectivity index (χ3n) is 3.98. The van der Waals surface area contributed by atoms with Crippen LogP contribution in [0.4, 0.5) is 15.9 Å². The van der Waals surface area contributed by atoms with Crippen molar-refractivity contribution in [2.24, 2.45) is 5.73 Å². The number of nitrogens with two attached hydrogens (primary N) is 1. The zero-order valence-electron chi connectivity index (χ0n) is 15.2. The Labute approximate surface area is 178 Å². The van der Waals surface area contributed by atoms with Crippen LogP contribution in [-0.2, 0) is 0 Å². The van der Waals surface area contributed by atoms with Crippen molar-refractivity contribution >= 4 is 45.1 Å². The average molecular weight is 472 g/mol. The zero-order valence-corrected chi connectivity index (χ0v) is 16.8. The molecule has 0 saturated heterocycles. The second-order valence-electron chi connectivity index (χ2n) is 6.10. The molecule has 0 aliphatic rings. The molecule has 2 amide bonds. The molecule has 8 nitrogen and oxygen atoms in total. The van der Waals surface area contributed by atoms with Gasteiger partial charge in [-0.3, -0.25) is 15.0 Å². The summed E-state index contributed by atoms with van der Waals surface area (Å²) in [5.41, 5.74) is 5.41. The SMILES string of the molecule is N=C(N)c1cc(O)ccc1C(=O)Nc1ccc(F)cc1C(=O)Nc1ccc(Br)cn1. The largest absolute Gasteiger partial charge is 0.508 e. The maximum absolute atomic E-state index is 13.8. The zero-order chi connectivity index (χ0) is 21.8. The van der Waals surface area contributed by atoms with Gasteiger partial charge in [0.05, 0.1) is 16.8 Å². The van der Waals surface area contributed by atoms with Gasteiger partial charge >= 0.3 is 0 Å². The Morgan fingerprint density at radius 2 is 1.73 bits per heavy atom. The molecule has 0 spiro atoms. The van der Waals surface area contributed by atoms with E-state index < -0.39 is 23.5 Å². The highest BCUT2D eigenvalue weighted by molar-refractivity contribution is 9.10. The molecule has 0 bridgehead atoms. The number of phenolic OH excluding ortho intramolecular Hbond substituents is 1. The first kappa shape index (κ1) is 20.9. The van der Waals surface area contributed by atoms with E-state index in [1.54, 1.807) is 12.1 Å². The lowest BCUT2D eigenvalue weighted by molar-refractivity contribution is 0.102. The van der Waals surface area contributed by atoms with Gasteiger partial charge in [-0.15, -0.1) is 0 Å². The van der Waals surface area contributed by atoms with E-state index in [4.69, 9.17) is 11.1 Å². The van der Waals surface area contributed by atoms with Crippen molar-refractivity contribution in [3.05, 3.63) is 81.7 Å². The third kappa shape index (κ3) is 4.78. The molecule has 30 heavy (non-hydrogen) atoms. The molecular weight excluding hydrogens is 457 g/mol. The number of anilines is 2. The monoisotopic (exact) mass is 471 g/mol. The fraction of sp³-hybridized carbons (Fsp3) is 0. The molecule has 10 heteroatoms. The van der Waals surface area contributed by atoms with E-state index >= 15 is 0 Å². The highest BCUT2D eigenvalue weighted by atomic mass is 79.9. The summed E-state index contributed by atoms with van der Waals surface area (Å²) in [5.74, 6) is -2.40. The third-order valence-corrected chi connectivity index (χ3v) is 4.45. The Hall–Kier alpha value is -3.79. The number of halogens is 2. The van der Waals surface area contributed by atoms with Gasteiger partial charge in [-0.1, -0.05) is 0 Å². The number of amides is 2. The fourth-order valence-electron chi connectivity index (χ4n) is 2.59. The molecule has 0 unspecified atom stereocenters. The second-order valence-corrected chi connectivity index (χ2v) is 7.02. The van der Waals surface area contributed by atoms with Gasteiger partial charge in [-0.05, 0) is 64.5 Å². The summed E-state index contributed by atoms with van der Waals surface area (Å²) >= 11 is 3.24. The number of amidine groups is 1. The van der Waals surface area contributed by atoms with Crippen LogP contribution in [0.15, 0.2) is 59.2 Å². The van der Waals surface area contributed by atoms with E-state index in [1.165, 1.54) is 30.5 Å². The topological polar surface area (TPSA) is 141 Å². The molecule has 2 aromatic carbocycles. The molecule has 1 aromatic heterocycles. The number of nitrogens with zero attached hydrogens (tertiary/aromatic N) is 1. The van der Waals surface area contributed by atoms with Crippen LogP contribution in [0.3, 0.4) is 0 Å². The Kier molecular flexibility index (Phi) is 6.07. The van der Waals surface area contributed by atoms with Gasteiger partial charge in [0.2, 0.25) is 0 Å². The molecule has 0 aliphatic carbocycles. The fourth-order valence-corrected chi connectivity index (χ4v) is 2.82. The van der Waals surface area contributed by atoms with Crippen LogP contribution in [0.25, 0.3) is 0 Å². The van der Waals surface area contributed by atoms with Crippen LogP contribution in [-0.4, -0.2) is 27.7 Å². The van der Waals surface area contributed by atoms with E-state index in [0.717, 1.165) is 16.6 Å². The van der Waals surface area contributed by atoms with E-state index in [2.05, 4.69) is 31.5 Å². The maximum Gasteiger partial charge on any atom is 0.259 e. The summed E-state index contributed by atoms with van der Waals surface area (Å²) < 4.78 is 14.5. The van der Waals surface area contributed by atoms with Crippen molar-refractivity contribution in [1.82, 2.24) is 4.98 Å². The van der Waals surface area contributed by atoms with E-state index in [0.29, 0.717) is 0 Å². The number of carbonyl (C=O) groups is 2. The smallest absolute Gasteiger partial charge is 0.259 e. The minimum atomic E-state index is -0.692. The summed E-state index contributed by atoms with van der Waals surface area (Å²) in [6.07, 6.45) is 1.48. The number of carbonyl (C=O) groups excluding carboxylic acids is 2. The molecule has 3 rings (SSSR count). The molecule has 0 saturated carbocycles. The van der Waals surface area contributed by atoms with Crippen molar-refractivity contribution in [2.75, 3.05) is 10.6 Å². The predicted octanol–water partition coefficient (Wildman–Crippen LogP) is 3.48. The molecule has 3 aromatic rings. The minimum absolute atomic E-state index is 0.00515. The Bertz CT molecular complexity index is 1150. The molecule has 0 radical (unpaired) electrons. The number of nitrogens with one attached hydrogen (secondary N) is 3. The molecule has 0 atom stereocenters. The van der Waals surface area contributed by atoms with Crippen LogP contribution in [0.2, 0.25) is 0 Å². The first-order valence-electron chi connectivity index (χ1n) is 8.46. The van der Waals surface area contributed by atoms with Crippen molar-refractivity contribution in [1.29, 1.82) is 5.41 Å². The van der Waals surface area contributed by atoms with Gasteiger partial charge in [0.25, 0.3) is 11.8 Å². The number of aromatic hydroxyl groups is 1. The quantitative estimate of drug-likeness (QED) is 0.286. The van der Waals surface area contributed by atoms with Gasteiger partial charge in [0.15, 0.2) is 0 Å². The van der Waals surface area contributed by atoms with Crippen LogP contribution in [0.1, 0.15) is 26.3 Å². The van der Waals surface area contributed by atoms with Crippen molar-refractivity contribution in [3.8, 4) is 5.75 Å². The molecule has 0 fully saturated rings. The van der Waals surface area contributed by atoms with Crippen molar-refractivity contribution < 1.29 is 19.1 Å². The summed E-state index contributed by atoms with van der Waals surface area (Å²) in [5, 5.41) is 22.2. The van der Waals surface area contributed by atoms with Gasteiger partial charge in [0, 0.05) is 16.2 Å². The van der Waals surface area contributed by atoms with Gasteiger partial charge in [-0.25, -0.2) is 9.37 Å². The Balaban J connectivity index is 1.90. The molecule has 152 valence electrons. The van der Waals surface area contributed by atoms with Crippen molar-refractivity contribution in [3.63, 3.8) is 0 Å². The number of aromatic nitrogens is 1. The second kappa shape index (κ2) is 8.70. The maximum atomic E-state index is 13.8. The number of benzene rings is 2. The molecule has 6 N–H and O–H groups in total. The summed E-state index contributed by atoms with van der Waals surface area (Å²) in [4.78, 5) is 29.4. The van der Waals surface area contributed by atoms with Gasteiger partial charge < -0.3 is 21.5 Å². The lowest BCUT2D eigenvalue weighted by atomic mass is 10.0. The first-order chi connectivity index (χ1) is 14.2. The predicted molar refractivity (Wildman–Crippen MR) is 113 cm³/mol. The Morgan fingerprint density at radius 1 is 1.00 bits per heavy atom. The lowest BCUT2D eigenvalue weighted by Crippen LogP contribution is -2.22. The normalized spacial score (nSPS) is 10.3. The van der Waals surface area contributed by atoms with Crippen LogP contribution >= 0.6 is 15.9 Å². The van der Waals surface area contributed by atoms with E-state index in [-0.39, 0.29) is 33.9 Å². The Morgan fingerprint density at radius 3 is 2.40 bits per heavy atom. The lowest BCUT2D eigenvalue weighted by Gasteiger charge is -2.13. The van der Waals surface area contributed by atoms with E-state index in [1.807, 2.05) is 0 Å². The number of rotatable bonds is 5. The molecule has 0 aliphatic heterocycles. The van der Waals surface area contributed by atoms with Crippen molar-refractivity contribution in [2.45, 2.75) is 0 Å². The highest BCUT2D eigenvalue weighted by Crippen LogP contribution is 2.22. The first-order valence-corrected chi connectivity index (χ1v) is 9.25. The summed E-state index contributed by atoms with van der Waals surface area (Å²) in [6.45, 7) is 0. The number of pyridine rings is 1. The van der Waals surface area contributed by atoms with Gasteiger partial charge in [-0.2, -0.15) is 0 Å². The van der Waals surface area contributed by atoms with Crippen LogP contribution in [0.5, 0.6) is 5.75 Å². The number of phenols is 1. The number of hydrogen-bond donors (Lipinski definition) is 5. The molecule has 1 heterocycles. The average Bonchev–Trinajstić information content (AvgIpc) is 2.70. The summed E-state index contributed by atoms with van der Waals surface area (Å²) in [7, 11) is 0.